The van der Waals surface area contributed by atoms with Crippen LogP contribution < -0.4 is 11.1 Å². The van der Waals surface area contributed by atoms with Crippen molar-refractivity contribution in [3.8, 4) is 0 Å². The molecule has 18 heavy (non-hydrogen) atoms. The predicted molar refractivity (Wildman–Crippen MR) is 70.0 cm³/mol. The molecule has 98 valence electrons. The molecule has 0 saturated carbocycles. The Labute approximate surface area is 108 Å². The summed E-state index contributed by atoms with van der Waals surface area (Å²) in [6, 6.07) is 9.56. The van der Waals surface area contributed by atoms with Gasteiger partial charge in [-0.2, -0.15) is 0 Å². The molecule has 0 aliphatic carbocycles. The van der Waals surface area contributed by atoms with Gasteiger partial charge >= 0.3 is 0 Å². The molecule has 1 amide bonds. The van der Waals surface area contributed by atoms with E-state index in [0.717, 1.165) is 25.0 Å². The fourth-order valence-corrected chi connectivity index (χ4v) is 2.23. The third kappa shape index (κ3) is 2.71. The van der Waals surface area contributed by atoms with Crippen LogP contribution in [0.4, 0.5) is 0 Å². The van der Waals surface area contributed by atoms with Crippen molar-refractivity contribution in [1.29, 1.82) is 0 Å². The van der Waals surface area contributed by atoms with Crippen LogP contribution >= 0.6 is 0 Å². The van der Waals surface area contributed by atoms with Crippen LogP contribution in [0.2, 0.25) is 0 Å². The second-order valence-corrected chi connectivity index (χ2v) is 4.87. The summed E-state index contributed by atoms with van der Waals surface area (Å²) in [7, 11) is 0. The number of nitrogens with one attached hydrogen (secondary N) is 1. The lowest BCUT2D eigenvalue weighted by molar-refractivity contribution is -0.124. The Hall–Kier alpha value is -1.39. The molecule has 1 aromatic carbocycles. The Morgan fingerprint density at radius 3 is 2.78 bits per heavy atom. The van der Waals surface area contributed by atoms with Crippen LogP contribution in [-0.2, 0) is 15.1 Å². The zero-order chi connectivity index (χ0) is 13.0. The standard InChI is InChI=1S/C14H20N2O2/c1-14(13(15)17,11-6-3-2-4-7-11)16-10-12-8-5-9-18-12/h2-4,6-7,12,16H,5,8-10H2,1H3,(H2,15,17). The molecule has 3 N–H and O–H groups in total. The Morgan fingerprint density at radius 2 is 2.22 bits per heavy atom. The Morgan fingerprint density at radius 1 is 1.50 bits per heavy atom. The van der Waals surface area contributed by atoms with Gasteiger partial charge in [-0.15, -0.1) is 0 Å². The first-order valence-electron chi connectivity index (χ1n) is 6.35. The van der Waals surface area contributed by atoms with Gasteiger partial charge in [0.2, 0.25) is 5.91 Å². The van der Waals surface area contributed by atoms with E-state index in [0.29, 0.717) is 6.54 Å². The molecule has 1 heterocycles. The maximum Gasteiger partial charge on any atom is 0.242 e. The maximum absolute atomic E-state index is 11.7. The molecule has 4 heteroatoms. The van der Waals surface area contributed by atoms with E-state index >= 15 is 0 Å². The van der Waals surface area contributed by atoms with E-state index in [1.807, 2.05) is 37.3 Å². The van der Waals surface area contributed by atoms with Crippen molar-refractivity contribution in [3.05, 3.63) is 35.9 Å². The van der Waals surface area contributed by atoms with E-state index in [2.05, 4.69) is 5.32 Å². The lowest BCUT2D eigenvalue weighted by Crippen LogP contribution is -2.52. The van der Waals surface area contributed by atoms with E-state index in [1.54, 1.807) is 0 Å². The first kappa shape index (κ1) is 13.1. The largest absolute Gasteiger partial charge is 0.377 e. The molecule has 1 fully saturated rings. The van der Waals surface area contributed by atoms with Crippen molar-refractivity contribution < 1.29 is 9.53 Å². The van der Waals surface area contributed by atoms with Crippen molar-refractivity contribution in [3.63, 3.8) is 0 Å². The second kappa shape index (κ2) is 5.50. The molecular formula is C14H20N2O2. The van der Waals surface area contributed by atoms with Gasteiger partial charge in [-0.05, 0) is 25.3 Å². The van der Waals surface area contributed by atoms with Crippen molar-refractivity contribution in [2.45, 2.75) is 31.4 Å². The number of ether oxygens (including phenoxy) is 1. The molecule has 1 aliphatic heterocycles. The molecule has 0 aromatic heterocycles. The maximum atomic E-state index is 11.7. The minimum Gasteiger partial charge on any atom is -0.377 e. The monoisotopic (exact) mass is 248 g/mol. The van der Waals surface area contributed by atoms with Crippen LogP contribution in [0.25, 0.3) is 0 Å². The SMILES string of the molecule is CC(NCC1CCCO1)(C(N)=O)c1ccccc1. The van der Waals surface area contributed by atoms with Crippen molar-refractivity contribution in [1.82, 2.24) is 5.32 Å². The lowest BCUT2D eigenvalue weighted by Gasteiger charge is -2.29. The highest BCUT2D eigenvalue weighted by Crippen LogP contribution is 2.21. The number of primary amides is 1. The van der Waals surface area contributed by atoms with Gasteiger partial charge in [0.25, 0.3) is 0 Å². The van der Waals surface area contributed by atoms with Crippen LogP contribution in [0.5, 0.6) is 0 Å². The number of carbonyl (C=O) groups is 1. The van der Waals surface area contributed by atoms with E-state index in [4.69, 9.17) is 10.5 Å². The van der Waals surface area contributed by atoms with Crippen LogP contribution in [0.1, 0.15) is 25.3 Å². The molecule has 0 spiro atoms. The second-order valence-electron chi connectivity index (χ2n) is 4.87. The molecular weight excluding hydrogens is 228 g/mol. The number of amides is 1. The molecule has 4 nitrogen and oxygen atoms in total. The fraction of sp³-hybridized carbons (Fsp3) is 0.500. The van der Waals surface area contributed by atoms with Crippen LogP contribution in [0, 0.1) is 0 Å². The topological polar surface area (TPSA) is 64.3 Å². The van der Waals surface area contributed by atoms with Gasteiger partial charge in [0.1, 0.15) is 5.54 Å². The summed E-state index contributed by atoms with van der Waals surface area (Å²) in [6.45, 7) is 3.28. The quantitative estimate of drug-likeness (QED) is 0.821. The van der Waals surface area contributed by atoms with Gasteiger partial charge in [-0.1, -0.05) is 30.3 Å². The first-order valence-corrected chi connectivity index (χ1v) is 6.35. The normalized spacial score (nSPS) is 22.6. The summed E-state index contributed by atoms with van der Waals surface area (Å²) in [6.07, 6.45) is 2.31. The smallest absolute Gasteiger partial charge is 0.242 e. The molecule has 2 rings (SSSR count). The number of carbonyl (C=O) groups excluding carboxylic acids is 1. The van der Waals surface area contributed by atoms with Gasteiger partial charge in [0, 0.05) is 13.2 Å². The van der Waals surface area contributed by atoms with E-state index in [1.165, 1.54) is 0 Å². The van der Waals surface area contributed by atoms with Crippen LogP contribution in [0.3, 0.4) is 0 Å². The average Bonchev–Trinajstić information content (AvgIpc) is 2.90. The zero-order valence-corrected chi connectivity index (χ0v) is 10.7. The van der Waals surface area contributed by atoms with Crippen molar-refractivity contribution >= 4 is 5.91 Å². The number of rotatable bonds is 5. The molecule has 2 atom stereocenters. The summed E-state index contributed by atoms with van der Waals surface area (Å²) in [5.74, 6) is -0.369. The van der Waals surface area contributed by atoms with Gasteiger partial charge < -0.3 is 10.5 Å². The Balaban J connectivity index is 2.09. The van der Waals surface area contributed by atoms with E-state index in [9.17, 15) is 4.79 Å². The van der Waals surface area contributed by atoms with Crippen molar-refractivity contribution in [2.24, 2.45) is 5.73 Å². The third-order valence-electron chi connectivity index (χ3n) is 3.55. The molecule has 1 saturated heterocycles. The van der Waals surface area contributed by atoms with Gasteiger partial charge in [0.15, 0.2) is 0 Å². The molecule has 0 bridgehead atoms. The third-order valence-corrected chi connectivity index (χ3v) is 3.55. The highest BCUT2D eigenvalue weighted by molar-refractivity contribution is 5.85. The van der Waals surface area contributed by atoms with E-state index < -0.39 is 5.54 Å². The number of hydrogen-bond donors (Lipinski definition) is 2. The van der Waals surface area contributed by atoms with Crippen molar-refractivity contribution in [2.75, 3.05) is 13.2 Å². The lowest BCUT2D eigenvalue weighted by atomic mass is 9.91. The minimum atomic E-state index is -0.840. The molecule has 1 aliphatic rings. The Kier molecular flexibility index (Phi) is 3.99. The number of benzene rings is 1. The van der Waals surface area contributed by atoms with Crippen LogP contribution in [0.15, 0.2) is 30.3 Å². The zero-order valence-electron chi connectivity index (χ0n) is 10.7. The van der Waals surface area contributed by atoms with Gasteiger partial charge in [-0.25, -0.2) is 0 Å². The minimum absolute atomic E-state index is 0.187. The molecule has 2 unspecified atom stereocenters. The average molecular weight is 248 g/mol. The first-order chi connectivity index (χ1) is 8.63. The highest BCUT2D eigenvalue weighted by Gasteiger charge is 2.33. The summed E-state index contributed by atoms with van der Waals surface area (Å²) < 4.78 is 5.55. The van der Waals surface area contributed by atoms with Gasteiger partial charge in [0.05, 0.1) is 6.10 Å². The highest BCUT2D eigenvalue weighted by atomic mass is 16.5. The Bertz CT molecular complexity index is 402. The van der Waals surface area contributed by atoms with Gasteiger partial charge in [-0.3, -0.25) is 10.1 Å². The summed E-state index contributed by atoms with van der Waals surface area (Å²) in [4.78, 5) is 11.7. The number of nitrogens with two attached hydrogens (primary N) is 1. The number of hydrogen-bond acceptors (Lipinski definition) is 3. The summed E-state index contributed by atoms with van der Waals surface area (Å²) >= 11 is 0. The predicted octanol–water partition coefficient (Wildman–Crippen LogP) is 1.16. The fourth-order valence-electron chi connectivity index (χ4n) is 2.23. The molecule has 1 aromatic rings. The van der Waals surface area contributed by atoms with Crippen LogP contribution in [-0.4, -0.2) is 25.2 Å². The molecule has 0 radical (unpaired) electrons. The summed E-state index contributed by atoms with van der Waals surface area (Å²) in [5.41, 5.74) is 5.59. The summed E-state index contributed by atoms with van der Waals surface area (Å²) in [5, 5.41) is 3.25. The van der Waals surface area contributed by atoms with E-state index in [-0.39, 0.29) is 12.0 Å².